The molecule has 3 rings (SSSR count). The molecule has 0 aromatic heterocycles. The molecule has 1 aliphatic heterocycles. The van der Waals surface area contributed by atoms with Gasteiger partial charge in [0.15, 0.2) is 17.4 Å². The van der Waals surface area contributed by atoms with Gasteiger partial charge < -0.3 is 15.3 Å². The van der Waals surface area contributed by atoms with Gasteiger partial charge in [-0.1, -0.05) is 26.0 Å². The zero-order chi connectivity index (χ0) is 19.7. The topological polar surface area (TPSA) is 69.6 Å². The van der Waals surface area contributed by atoms with Gasteiger partial charge in [0.25, 0.3) is 5.91 Å². The Labute approximate surface area is 155 Å². The Morgan fingerprint density at radius 1 is 1.19 bits per heavy atom. The predicted molar refractivity (Wildman–Crippen MR) is 96.1 cm³/mol. The van der Waals surface area contributed by atoms with Crippen molar-refractivity contribution in [3.05, 3.63) is 53.6 Å². The third-order valence-electron chi connectivity index (χ3n) is 4.62. The van der Waals surface area contributed by atoms with Crippen LogP contribution in [0.15, 0.2) is 36.4 Å². The van der Waals surface area contributed by atoms with Crippen LogP contribution in [0.1, 0.15) is 24.2 Å². The van der Waals surface area contributed by atoms with Crippen molar-refractivity contribution >= 4 is 11.8 Å². The molecule has 1 heterocycles. The maximum atomic E-state index is 13.5. The van der Waals surface area contributed by atoms with Crippen LogP contribution in [0.5, 0.6) is 5.75 Å². The number of carbonyl (C=O) groups excluding carboxylic acids is 2. The fourth-order valence-corrected chi connectivity index (χ4v) is 3.29. The maximum absolute atomic E-state index is 13.5. The molecule has 1 fully saturated rings. The average molecular weight is 374 g/mol. The van der Waals surface area contributed by atoms with Gasteiger partial charge in [-0.15, -0.1) is 0 Å². The third-order valence-corrected chi connectivity index (χ3v) is 4.62. The standard InChI is InChI=1S/C20H20F2N2O3/c1-11(2)18-19(26)23-7-8-24(18)20(27)13-5-3-12(4-6-13)14-9-15(21)17(22)16(25)10-14/h3-6,9-11,18,25H,7-8H2,1-2H3,(H,23,26). The van der Waals surface area contributed by atoms with Gasteiger partial charge in [0, 0.05) is 18.7 Å². The van der Waals surface area contributed by atoms with E-state index in [9.17, 15) is 23.5 Å². The van der Waals surface area contributed by atoms with Crippen LogP contribution in [0.3, 0.4) is 0 Å². The molecule has 2 amide bonds. The molecule has 0 radical (unpaired) electrons. The molecular formula is C20H20F2N2O3. The lowest BCUT2D eigenvalue weighted by molar-refractivity contribution is -0.129. The summed E-state index contributed by atoms with van der Waals surface area (Å²) in [5.74, 6) is -3.68. The van der Waals surface area contributed by atoms with E-state index in [1.54, 1.807) is 29.2 Å². The minimum Gasteiger partial charge on any atom is -0.505 e. The molecule has 0 bridgehead atoms. The van der Waals surface area contributed by atoms with E-state index in [4.69, 9.17) is 0 Å². The number of nitrogens with zero attached hydrogens (tertiary/aromatic N) is 1. The van der Waals surface area contributed by atoms with Gasteiger partial charge in [-0.3, -0.25) is 9.59 Å². The van der Waals surface area contributed by atoms with Gasteiger partial charge in [-0.2, -0.15) is 4.39 Å². The van der Waals surface area contributed by atoms with Gasteiger partial charge in [-0.05, 0) is 41.3 Å². The van der Waals surface area contributed by atoms with Crippen molar-refractivity contribution in [2.75, 3.05) is 13.1 Å². The Morgan fingerprint density at radius 2 is 1.85 bits per heavy atom. The van der Waals surface area contributed by atoms with Gasteiger partial charge in [0.2, 0.25) is 5.91 Å². The molecule has 1 unspecified atom stereocenters. The zero-order valence-electron chi connectivity index (χ0n) is 15.0. The van der Waals surface area contributed by atoms with Crippen molar-refractivity contribution in [3.8, 4) is 16.9 Å². The highest BCUT2D eigenvalue weighted by molar-refractivity contribution is 5.98. The van der Waals surface area contributed by atoms with Crippen molar-refractivity contribution < 1.29 is 23.5 Å². The second-order valence-corrected chi connectivity index (χ2v) is 6.85. The van der Waals surface area contributed by atoms with Crippen LogP contribution in [0.2, 0.25) is 0 Å². The SMILES string of the molecule is CC(C)C1C(=O)NCCN1C(=O)c1ccc(-c2cc(O)c(F)c(F)c2)cc1. The highest BCUT2D eigenvalue weighted by Gasteiger charge is 2.35. The number of phenolic OH excluding ortho intramolecular Hbond substituents is 1. The van der Waals surface area contributed by atoms with Gasteiger partial charge >= 0.3 is 0 Å². The molecule has 1 aliphatic rings. The number of rotatable bonds is 3. The van der Waals surface area contributed by atoms with Crippen LogP contribution in [-0.4, -0.2) is 41.0 Å². The second-order valence-electron chi connectivity index (χ2n) is 6.85. The lowest BCUT2D eigenvalue weighted by Crippen LogP contribution is -2.59. The number of benzene rings is 2. The highest BCUT2D eigenvalue weighted by Crippen LogP contribution is 2.28. The van der Waals surface area contributed by atoms with E-state index in [2.05, 4.69) is 5.32 Å². The quantitative estimate of drug-likeness (QED) is 0.868. The molecule has 0 saturated carbocycles. The van der Waals surface area contributed by atoms with E-state index < -0.39 is 23.4 Å². The molecular weight excluding hydrogens is 354 g/mol. The van der Waals surface area contributed by atoms with Crippen molar-refractivity contribution in [1.29, 1.82) is 0 Å². The molecule has 142 valence electrons. The van der Waals surface area contributed by atoms with Crippen molar-refractivity contribution in [2.45, 2.75) is 19.9 Å². The number of nitrogens with one attached hydrogen (secondary N) is 1. The molecule has 2 N–H and O–H groups in total. The van der Waals surface area contributed by atoms with E-state index in [1.165, 1.54) is 0 Å². The smallest absolute Gasteiger partial charge is 0.254 e. The van der Waals surface area contributed by atoms with E-state index >= 15 is 0 Å². The molecule has 2 aromatic carbocycles. The first-order valence-electron chi connectivity index (χ1n) is 8.66. The number of aromatic hydroxyl groups is 1. The number of carbonyl (C=O) groups is 2. The lowest BCUT2D eigenvalue weighted by atomic mass is 9.98. The summed E-state index contributed by atoms with van der Waals surface area (Å²) in [4.78, 5) is 26.5. The van der Waals surface area contributed by atoms with Crippen LogP contribution >= 0.6 is 0 Å². The first-order chi connectivity index (χ1) is 12.8. The molecule has 27 heavy (non-hydrogen) atoms. The van der Waals surface area contributed by atoms with E-state index in [0.29, 0.717) is 29.8 Å². The number of halogens is 2. The Bertz CT molecular complexity index is 858. The summed E-state index contributed by atoms with van der Waals surface area (Å²) >= 11 is 0. The summed E-state index contributed by atoms with van der Waals surface area (Å²) in [5, 5.41) is 12.2. The normalized spacial score (nSPS) is 17.1. The Kier molecular flexibility index (Phi) is 5.12. The molecule has 1 atom stereocenters. The van der Waals surface area contributed by atoms with Crippen LogP contribution in [0.4, 0.5) is 8.78 Å². The summed E-state index contributed by atoms with van der Waals surface area (Å²) in [6.07, 6.45) is 0. The first kappa shape index (κ1) is 18.8. The number of hydrogen-bond acceptors (Lipinski definition) is 3. The van der Waals surface area contributed by atoms with Gasteiger partial charge in [0.1, 0.15) is 6.04 Å². The van der Waals surface area contributed by atoms with Crippen molar-refractivity contribution in [2.24, 2.45) is 5.92 Å². The number of phenols is 1. The summed E-state index contributed by atoms with van der Waals surface area (Å²) in [6.45, 7) is 4.59. The Morgan fingerprint density at radius 3 is 2.44 bits per heavy atom. The predicted octanol–water partition coefficient (Wildman–Crippen LogP) is 2.93. The minimum atomic E-state index is -1.30. The van der Waals surface area contributed by atoms with Gasteiger partial charge in [-0.25, -0.2) is 4.39 Å². The fourth-order valence-electron chi connectivity index (χ4n) is 3.29. The molecule has 7 heteroatoms. The van der Waals surface area contributed by atoms with E-state index in [0.717, 1.165) is 12.1 Å². The maximum Gasteiger partial charge on any atom is 0.254 e. The number of hydrogen-bond donors (Lipinski definition) is 2. The summed E-state index contributed by atoms with van der Waals surface area (Å²) in [7, 11) is 0. The first-order valence-corrected chi connectivity index (χ1v) is 8.66. The van der Waals surface area contributed by atoms with E-state index in [1.807, 2.05) is 13.8 Å². The van der Waals surface area contributed by atoms with Crippen molar-refractivity contribution in [1.82, 2.24) is 10.2 Å². The minimum absolute atomic E-state index is 0.0290. The van der Waals surface area contributed by atoms with Crippen LogP contribution in [0, 0.1) is 17.6 Å². The van der Waals surface area contributed by atoms with Crippen LogP contribution < -0.4 is 5.32 Å². The summed E-state index contributed by atoms with van der Waals surface area (Å²) in [5.41, 5.74) is 1.21. The molecule has 2 aromatic rings. The molecule has 1 saturated heterocycles. The lowest BCUT2D eigenvalue weighted by Gasteiger charge is -2.37. The largest absolute Gasteiger partial charge is 0.505 e. The van der Waals surface area contributed by atoms with Crippen molar-refractivity contribution in [3.63, 3.8) is 0 Å². The van der Waals surface area contributed by atoms with Crippen LogP contribution in [-0.2, 0) is 4.79 Å². The second kappa shape index (κ2) is 7.34. The highest BCUT2D eigenvalue weighted by atomic mass is 19.2. The number of amides is 2. The Balaban J connectivity index is 1.86. The summed E-state index contributed by atoms with van der Waals surface area (Å²) < 4.78 is 26.7. The number of piperazine rings is 1. The summed E-state index contributed by atoms with van der Waals surface area (Å²) in [6, 6.07) is 7.89. The molecule has 0 aliphatic carbocycles. The monoisotopic (exact) mass is 374 g/mol. The zero-order valence-corrected chi connectivity index (χ0v) is 15.0. The molecule has 0 spiro atoms. The molecule has 5 nitrogen and oxygen atoms in total. The van der Waals surface area contributed by atoms with E-state index in [-0.39, 0.29) is 17.7 Å². The Hall–Kier alpha value is -2.96. The van der Waals surface area contributed by atoms with Crippen LogP contribution in [0.25, 0.3) is 11.1 Å². The fraction of sp³-hybridized carbons (Fsp3) is 0.300. The third kappa shape index (κ3) is 3.63. The van der Waals surface area contributed by atoms with Gasteiger partial charge in [0.05, 0.1) is 0 Å². The average Bonchev–Trinajstić information content (AvgIpc) is 2.64.